The van der Waals surface area contributed by atoms with Crippen LogP contribution in [-0.4, -0.2) is 17.8 Å². The largest absolute Gasteiger partial charge is 0.324 e. The van der Waals surface area contributed by atoms with E-state index < -0.39 is 5.82 Å². The van der Waals surface area contributed by atoms with E-state index in [0.717, 1.165) is 0 Å². The minimum absolute atomic E-state index is 0.175. The number of nitrogens with one attached hydrogen (secondary N) is 1. The van der Waals surface area contributed by atoms with E-state index in [1.54, 1.807) is 36.1 Å². The minimum atomic E-state index is -0.435. The molecule has 1 aromatic rings. The summed E-state index contributed by atoms with van der Waals surface area (Å²) in [6.45, 7) is 6.38. The number of nitrogens with zero attached hydrogens (tertiary/aromatic N) is 1. The van der Waals surface area contributed by atoms with Gasteiger partial charge in [-0.25, -0.2) is 4.39 Å². The maximum Gasteiger partial charge on any atom is 0.148 e. The first-order valence-electron chi connectivity index (χ1n) is 6.44. The SMILES string of the molecule is CC(Cl)/C=C/C(=N)N(CC(C)C)c1ccc(Cl)cc1F. The topological polar surface area (TPSA) is 27.1 Å². The van der Waals surface area contributed by atoms with Gasteiger partial charge in [-0.05, 0) is 37.1 Å². The Labute approximate surface area is 129 Å². The summed E-state index contributed by atoms with van der Waals surface area (Å²) in [6, 6.07) is 4.46. The van der Waals surface area contributed by atoms with Crippen molar-refractivity contribution in [1.29, 1.82) is 5.41 Å². The van der Waals surface area contributed by atoms with Crippen molar-refractivity contribution in [3.05, 3.63) is 41.2 Å². The molecule has 0 aliphatic heterocycles. The van der Waals surface area contributed by atoms with Crippen LogP contribution in [0.5, 0.6) is 0 Å². The van der Waals surface area contributed by atoms with Crippen molar-refractivity contribution in [2.45, 2.75) is 26.1 Å². The van der Waals surface area contributed by atoms with Gasteiger partial charge in [0.05, 0.1) is 5.69 Å². The van der Waals surface area contributed by atoms with Crippen LogP contribution in [0.1, 0.15) is 20.8 Å². The van der Waals surface area contributed by atoms with Crippen LogP contribution < -0.4 is 4.90 Å². The Morgan fingerprint density at radius 3 is 2.55 bits per heavy atom. The Morgan fingerprint density at radius 1 is 1.40 bits per heavy atom. The highest BCUT2D eigenvalue weighted by Crippen LogP contribution is 2.24. The molecule has 1 atom stereocenters. The molecule has 0 aliphatic rings. The molecule has 0 aromatic heterocycles. The summed E-state index contributed by atoms with van der Waals surface area (Å²) >= 11 is 11.6. The van der Waals surface area contributed by atoms with E-state index in [1.165, 1.54) is 6.07 Å². The van der Waals surface area contributed by atoms with Crippen LogP contribution in [0.3, 0.4) is 0 Å². The standard InChI is InChI=1S/C15H19Cl2FN2/c1-10(2)9-20(15(19)7-4-11(3)16)14-6-5-12(17)8-13(14)18/h4-8,10-11,19H,9H2,1-3H3/b7-4+,19-15?. The second-order valence-corrected chi connectivity index (χ2v) is 6.15. The lowest BCUT2D eigenvalue weighted by Crippen LogP contribution is -2.33. The zero-order valence-electron chi connectivity index (χ0n) is 11.8. The Hall–Kier alpha value is -1.06. The average molecular weight is 317 g/mol. The fourth-order valence-corrected chi connectivity index (χ4v) is 1.94. The zero-order valence-corrected chi connectivity index (χ0v) is 13.3. The summed E-state index contributed by atoms with van der Waals surface area (Å²) in [5.74, 6) is 0.0508. The highest BCUT2D eigenvalue weighted by atomic mass is 35.5. The van der Waals surface area contributed by atoms with E-state index in [2.05, 4.69) is 0 Å². The molecular formula is C15H19Cl2FN2. The quantitative estimate of drug-likeness (QED) is 0.456. The van der Waals surface area contributed by atoms with Crippen molar-refractivity contribution in [3.8, 4) is 0 Å². The van der Waals surface area contributed by atoms with Crippen LogP contribution in [0.4, 0.5) is 10.1 Å². The molecule has 0 amide bonds. The second-order valence-electron chi connectivity index (χ2n) is 5.02. The number of amidine groups is 1. The van der Waals surface area contributed by atoms with Gasteiger partial charge in [-0.15, -0.1) is 11.6 Å². The monoisotopic (exact) mass is 316 g/mol. The number of rotatable bonds is 5. The van der Waals surface area contributed by atoms with Gasteiger partial charge in [0.1, 0.15) is 11.7 Å². The van der Waals surface area contributed by atoms with Crippen molar-refractivity contribution < 1.29 is 4.39 Å². The molecule has 0 spiro atoms. The molecule has 0 bridgehead atoms. The summed E-state index contributed by atoms with van der Waals surface area (Å²) in [6.07, 6.45) is 3.29. The maximum atomic E-state index is 14.0. The van der Waals surface area contributed by atoms with Crippen LogP contribution in [0.2, 0.25) is 5.02 Å². The molecule has 0 aliphatic carbocycles. The number of hydrogen-bond donors (Lipinski definition) is 1. The molecule has 0 saturated carbocycles. The molecule has 20 heavy (non-hydrogen) atoms. The van der Waals surface area contributed by atoms with Crippen LogP contribution in [0.15, 0.2) is 30.4 Å². The average Bonchev–Trinajstić information content (AvgIpc) is 2.33. The number of hydrogen-bond acceptors (Lipinski definition) is 1. The lowest BCUT2D eigenvalue weighted by molar-refractivity contribution is 0.611. The van der Waals surface area contributed by atoms with Crippen LogP contribution in [0, 0.1) is 17.1 Å². The van der Waals surface area contributed by atoms with E-state index in [0.29, 0.717) is 17.3 Å². The van der Waals surface area contributed by atoms with E-state index >= 15 is 0 Å². The van der Waals surface area contributed by atoms with Gasteiger partial charge in [0.2, 0.25) is 0 Å². The second kappa shape index (κ2) is 7.65. The van der Waals surface area contributed by atoms with E-state index in [4.69, 9.17) is 28.6 Å². The first-order valence-corrected chi connectivity index (χ1v) is 7.26. The third-order valence-electron chi connectivity index (χ3n) is 2.56. The smallest absolute Gasteiger partial charge is 0.148 e. The summed E-state index contributed by atoms with van der Waals surface area (Å²) < 4.78 is 14.0. The predicted octanol–water partition coefficient (Wildman–Crippen LogP) is 5.10. The Morgan fingerprint density at radius 2 is 2.05 bits per heavy atom. The van der Waals surface area contributed by atoms with Gasteiger partial charge in [-0.3, -0.25) is 5.41 Å². The number of allylic oxidation sites excluding steroid dienone is 1. The summed E-state index contributed by atoms with van der Waals surface area (Å²) in [7, 11) is 0. The fraction of sp³-hybridized carbons (Fsp3) is 0.400. The number of alkyl halides is 1. The molecule has 1 rings (SSSR count). The predicted molar refractivity (Wildman–Crippen MR) is 85.8 cm³/mol. The van der Waals surface area contributed by atoms with Crippen molar-refractivity contribution in [2.24, 2.45) is 5.92 Å². The highest BCUT2D eigenvalue weighted by molar-refractivity contribution is 6.30. The molecule has 5 heteroatoms. The molecule has 0 fully saturated rings. The van der Waals surface area contributed by atoms with Gasteiger partial charge in [-0.2, -0.15) is 0 Å². The van der Waals surface area contributed by atoms with Gasteiger partial charge in [0, 0.05) is 16.9 Å². The number of anilines is 1. The normalized spacial score (nSPS) is 12.9. The first kappa shape index (κ1) is 17.0. The number of benzene rings is 1. The van der Waals surface area contributed by atoms with Crippen molar-refractivity contribution in [3.63, 3.8) is 0 Å². The fourth-order valence-electron chi connectivity index (χ4n) is 1.71. The first-order chi connectivity index (χ1) is 9.31. The molecular weight excluding hydrogens is 298 g/mol. The van der Waals surface area contributed by atoms with Gasteiger partial charge >= 0.3 is 0 Å². The Balaban J connectivity index is 3.08. The molecule has 110 valence electrons. The zero-order chi connectivity index (χ0) is 15.3. The molecule has 1 N–H and O–H groups in total. The van der Waals surface area contributed by atoms with Crippen molar-refractivity contribution in [2.75, 3.05) is 11.4 Å². The molecule has 1 unspecified atom stereocenters. The van der Waals surface area contributed by atoms with Crippen LogP contribution in [-0.2, 0) is 0 Å². The molecule has 0 radical (unpaired) electrons. The Bertz CT molecular complexity index is 499. The molecule has 1 aromatic carbocycles. The molecule has 0 heterocycles. The van der Waals surface area contributed by atoms with Gasteiger partial charge in [0.15, 0.2) is 0 Å². The maximum absolute atomic E-state index is 14.0. The van der Waals surface area contributed by atoms with Crippen molar-refractivity contribution in [1.82, 2.24) is 0 Å². The van der Waals surface area contributed by atoms with Gasteiger partial charge < -0.3 is 4.90 Å². The van der Waals surface area contributed by atoms with Crippen molar-refractivity contribution >= 4 is 34.7 Å². The minimum Gasteiger partial charge on any atom is -0.324 e. The molecule has 2 nitrogen and oxygen atoms in total. The van der Waals surface area contributed by atoms with E-state index in [-0.39, 0.29) is 17.1 Å². The lowest BCUT2D eigenvalue weighted by atomic mass is 10.1. The van der Waals surface area contributed by atoms with Gasteiger partial charge in [0.25, 0.3) is 0 Å². The molecule has 0 saturated heterocycles. The third kappa shape index (κ3) is 5.14. The summed E-state index contributed by atoms with van der Waals surface area (Å²) in [5.41, 5.74) is 0.347. The van der Waals surface area contributed by atoms with E-state index in [1.807, 2.05) is 13.8 Å². The van der Waals surface area contributed by atoms with Gasteiger partial charge in [-0.1, -0.05) is 31.5 Å². The summed E-state index contributed by atoms with van der Waals surface area (Å²) in [5, 5.41) is 8.27. The number of halogens is 3. The van der Waals surface area contributed by atoms with Crippen LogP contribution >= 0.6 is 23.2 Å². The Kier molecular flexibility index (Phi) is 6.50. The van der Waals surface area contributed by atoms with E-state index in [9.17, 15) is 4.39 Å². The van der Waals surface area contributed by atoms with Crippen LogP contribution in [0.25, 0.3) is 0 Å². The third-order valence-corrected chi connectivity index (χ3v) is 2.94. The summed E-state index contributed by atoms with van der Waals surface area (Å²) in [4.78, 5) is 1.62. The lowest BCUT2D eigenvalue weighted by Gasteiger charge is -2.26. The highest BCUT2D eigenvalue weighted by Gasteiger charge is 2.16.